The number of hydrogen-bond donors (Lipinski definition) is 1. The molecule has 4 rings (SSSR count). The summed E-state index contributed by atoms with van der Waals surface area (Å²) in [4.78, 5) is 36.2. The summed E-state index contributed by atoms with van der Waals surface area (Å²) < 4.78 is 1.65. The normalized spacial score (nSPS) is 10.7. The Balaban J connectivity index is 1.66. The summed E-state index contributed by atoms with van der Waals surface area (Å²) in [6.45, 7) is 2.74. The van der Waals surface area contributed by atoms with Crippen LogP contribution in [0.25, 0.3) is 5.52 Å². The summed E-state index contributed by atoms with van der Waals surface area (Å²) >= 11 is 0. The van der Waals surface area contributed by atoms with Crippen molar-refractivity contribution in [1.82, 2.24) is 19.7 Å². The van der Waals surface area contributed by atoms with Gasteiger partial charge in [0.05, 0.1) is 5.52 Å². The molecule has 0 atom stereocenters. The monoisotopic (exact) mass is 399 g/mol. The summed E-state index contributed by atoms with van der Waals surface area (Å²) in [5, 5.41) is 2.86. The van der Waals surface area contributed by atoms with Crippen LogP contribution in [0, 0.1) is 0 Å². The van der Waals surface area contributed by atoms with Gasteiger partial charge in [0.1, 0.15) is 0 Å². The van der Waals surface area contributed by atoms with Crippen molar-refractivity contribution in [2.75, 3.05) is 11.4 Å². The number of anilines is 1. The van der Waals surface area contributed by atoms with E-state index in [1.54, 1.807) is 40.0 Å². The second-order valence-corrected chi connectivity index (χ2v) is 6.66. The fourth-order valence-electron chi connectivity index (χ4n) is 3.30. The van der Waals surface area contributed by atoms with Crippen LogP contribution in [0.4, 0.5) is 5.69 Å². The molecule has 150 valence electrons. The average molecular weight is 399 g/mol. The molecule has 0 unspecified atom stereocenters. The summed E-state index contributed by atoms with van der Waals surface area (Å²) in [6.07, 6.45) is 5.08. The zero-order valence-corrected chi connectivity index (χ0v) is 16.5. The lowest BCUT2D eigenvalue weighted by Crippen LogP contribution is -2.31. The third-order valence-electron chi connectivity index (χ3n) is 4.79. The number of aromatic nitrogens is 3. The molecule has 0 saturated carbocycles. The largest absolute Gasteiger partial charge is 0.345 e. The molecule has 0 spiro atoms. The number of pyridine rings is 2. The molecule has 30 heavy (non-hydrogen) atoms. The number of benzene rings is 1. The van der Waals surface area contributed by atoms with Crippen molar-refractivity contribution < 1.29 is 9.59 Å². The highest BCUT2D eigenvalue weighted by atomic mass is 16.2. The Morgan fingerprint density at radius 3 is 2.47 bits per heavy atom. The third kappa shape index (κ3) is 3.77. The molecule has 7 nitrogen and oxygen atoms in total. The molecule has 4 aromatic rings. The van der Waals surface area contributed by atoms with Crippen LogP contribution in [-0.4, -0.2) is 32.7 Å². The van der Waals surface area contributed by atoms with Crippen LogP contribution in [0.15, 0.2) is 79.3 Å². The van der Waals surface area contributed by atoms with E-state index in [9.17, 15) is 9.59 Å². The van der Waals surface area contributed by atoms with Gasteiger partial charge < -0.3 is 10.2 Å². The molecule has 2 amide bonds. The maximum absolute atomic E-state index is 13.3. The van der Waals surface area contributed by atoms with Gasteiger partial charge in [0.2, 0.25) is 5.82 Å². The average Bonchev–Trinajstić information content (AvgIpc) is 3.19. The molecular weight excluding hydrogens is 378 g/mol. The highest BCUT2D eigenvalue weighted by molar-refractivity contribution is 6.10. The lowest BCUT2D eigenvalue weighted by Gasteiger charge is -2.20. The van der Waals surface area contributed by atoms with Gasteiger partial charge in [0.15, 0.2) is 5.69 Å². The first-order valence-corrected chi connectivity index (χ1v) is 9.70. The van der Waals surface area contributed by atoms with E-state index in [0.29, 0.717) is 18.6 Å². The Morgan fingerprint density at radius 2 is 1.73 bits per heavy atom. The Kier molecular flexibility index (Phi) is 5.52. The second-order valence-electron chi connectivity index (χ2n) is 6.66. The molecule has 0 saturated heterocycles. The first kappa shape index (κ1) is 19.3. The van der Waals surface area contributed by atoms with Crippen molar-refractivity contribution in [3.8, 4) is 0 Å². The van der Waals surface area contributed by atoms with Crippen LogP contribution in [0.1, 0.15) is 33.6 Å². The number of para-hydroxylation sites is 1. The van der Waals surface area contributed by atoms with Crippen molar-refractivity contribution in [3.05, 3.63) is 96.3 Å². The lowest BCUT2D eigenvalue weighted by atomic mass is 10.2. The van der Waals surface area contributed by atoms with Crippen LogP contribution >= 0.6 is 0 Å². The summed E-state index contributed by atoms with van der Waals surface area (Å²) in [5.74, 6) is -0.428. The number of fused-ring (bicyclic) bond motifs is 1. The van der Waals surface area contributed by atoms with Gasteiger partial charge in [-0.15, -0.1) is 0 Å². The van der Waals surface area contributed by atoms with Crippen LogP contribution in [0.2, 0.25) is 0 Å². The molecule has 0 radical (unpaired) electrons. The van der Waals surface area contributed by atoms with Crippen LogP contribution in [0.5, 0.6) is 0 Å². The molecule has 1 N–H and O–H groups in total. The minimum atomic E-state index is -0.352. The van der Waals surface area contributed by atoms with E-state index >= 15 is 0 Å². The van der Waals surface area contributed by atoms with Crippen molar-refractivity contribution in [3.63, 3.8) is 0 Å². The number of carbonyl (C=O) groups excluding carboxylic acids is 2. The molecule has 1 aromatic carbocycles. The van der Waals surface area contributed by atoms with Gasteiger partial charge in [0, 0.05) is 37.4 Å². The van der Waals surface area contributed by atoms with Crippen molar-refractivity contribution in [2.45, 2.75) is 13.5 Å². The van der Waals surface area contributed by atoms with E-state index in [2.05, 4.69) is 15.3 Å². The zero-order valence-electron chi connectivity index (χ0n) is 16.5. The van der Waals surface area contributed by atoms with E-state index in [1.165, 1.54) is 0 Å². The van der Waals surface area contributed by atoms with Crippen LogP contribution in [-0.2, 0) is 6.54 Å². The van der Waals surface area contributed by atoms with Gasteiger partial charge in [-0.2, -0.15) is 0 Å². The predicted octanol–water partition coefficient (Wildman–Crippen LogP) is 3.33. The fourth-order valence-corrected chi connectivity index (χ4v) is 3.30. The molecule has 0 bridgehead atoms. The number of amides is 2. The van der Waals surface area contributed by atoms with Crippen LogP contribution in [0.3, 0.4) is 0 Å². The molecular formula is C23H21N5O2. The zero-order chi connectivity index (χ0) is 20.9. The minimum absolute atomic E-state index is 0.173. The fraction of sp³-hybridized carbons (Fsp3) is 0.130. The SMILES string of the molecule is CCN(C(=O)c1nc(C(=O)NCc2ccncc2)n2ccccc12)c1ccccc1. The number of nitrogens with one attached hydrogen (secondary N) is 1. The molecule has 0 aliphatic carbocycles. The van der Waals surface area contributed by atoms with E-state index < -0.39 is 0 Å². The number of imidazole rings is 1. The van der Waals surface area contributed by atoms with Crippen molar-refractivity contribution in [2.24, 2.45) is 0 Å². The van der Waals surface area contributed by atoms with E-state index in [4.69, 9.17) is 0 Å². The Hall–Kier alpha value is -4.00. The summed E-state index contributed by atoms with van der Waals surface area (Å²) in [5.41, 5.74) is 2.55. The van der Waals surface area contributed by atoms with Gasteiger partial charge >= 0.3 is 0 Å². The second kappa shape index (κ2) is 8.57. The lowest BCUT2D eigenvalue weighted by molar-refractivity contribution is 0.0940. The first-order valence-electron chi connectivity index (χ1n) is 9.70. The minimum Gasteiger partial charge on any atom is -0.345 e. The van der Waals surface area contributed by atoms with Gasteiger partial charge in [-0.1, -0.05) is 24.3 Å². The van der Waals surface area contributed by atoms with Gasteiger partial charge in [0.25, 0.3) is 11.8 Å². The Labute approximate surface area is 174 Å². The topological polar surface area (TPSA) is 79.6 Å². The maximum Gasteiger partial charge on any atom is 0.287 e. The number of rotatable bonds is 6. The molecule has 7 heteroatoms. The Bertz CT molecular complexity index is 1170. The molecule has 0 aliphatic heterocycles. The molecule has 3 heterocycles. The quantitative estimate of drug-likeness (QED) is 0.539. The van der Waals surface area contributed by atoms with Gasteiger partial charge in [-0.3, -0.25) is 19.0 Å². The van der Waals surface area contributed by atoms with Crippen LogP contribution < -0.4 is 10.2 Å². The van der Waals surface area contributed by atoms with Gasteiger partial charge in [-0.05, 0) is 48.9 Å². The number of carbonyl (C=O) groups is 2. The summed E-state index contributed by atoms with van der Waals surface area (Å²) in [6, 6.07) is 18.5. The molecule has 0 fully saturated rings. The first-order chi connectivity index (χ1) is 14.7. The molecule has 3 aromatic heterocycles. The smallest absolute Gasteiger partial charge is 0.287 e. The molecule has 0 aliphatic rings. The number of hydrogen-bond acceptors (Lipinski definition) is 4. The van der Waals surface area contributed by atoms with E-state index in [0.717, 1.165) is 11.3 Å². The highest BCUT2D eigenvalue weighted by Crippen LogP contribution is 2.20. The standard InChI is InChI=1S/C23H21N5O2/c1-2-27(18-8-4-3-5-9-18)23(30)20-19-10-6-7-15-28(19)21(26-20)22(29)25-16-17-11-13-24-14-12-17/h3-15H,2,16H2,1H3,(H,25,29). The number of nitrogens with zero attached hydrogens (tertiary/aromatic N) is 4. The third-order valence-corrected chi connectivity index (χ3v) is 4.79. The highest BCUT2D eigenvalue weighted by Gasteiger charge is 2.25. The Morgan fingerprint density at radius 1 is 1.00 bits per heavy atom. The van der Waals surface area contributed by atoms with Gasteiger partial charge in [-0.25, -0.2) is 4.98 Å². The van der Waals surface area contributed by atoms with E-state index in [-0.39, 0.29) is 23.3 Å². The van der Waals surface area contributed by atoms with E-state index in [1.807, 2.05) is 55.5 Å². The predicted molar refractivity (Wildman–Crippen MR) is 114 cm³/mol. The maximum atomic E-state index is 13.3. The van der Waals surface area contributed by atoms with Crippen molar-refractivity contribution >= 4 is 23.0 Å². The van der Waals surface area contributed by atoms with Crippen molar-refractivity contribution in [1.29, 1.82) is 0 Å². The summed E-state index contributed by atoms with van der Waals surface area (Å²) in [7, 11) is 0.